The van der Waals surface area contributed by atoms with Gasteiger partial charge in [-0.3, -0.25) is 4.79 Å². The average Bonchev–Trinajstić information content (AvgIpc) is 3.10. The van der Waals surface area contributed by atoms with Crippen LogP contribution in [0.5, 0.6) is 0 Å². The highest BCUT2D eigenvalue weighted by Gasteiger charge is 2.34. The van der Waals surface area contributed by atoms with Crippen LogP contribution in [0.4, 0.5) is 18.9 Å². The first kappa shape index (κ1) is 19.0. The van der Waals surface area contributed by atoms with Gasteiger partial charge in [0.05, 0.1) is 16.3 Å². The van der Waals surface area contributed by atoms with E-state index >= 15 is 0 Å². The van der Waals surface area contributed by atoms with Crippen LogP contribution in [0.2, 0.25) is 5.02 Å². The van der Waals surface area contributed by atoms with E-state index in [0.29, 0.717) is 16.5 Å². The van der Waals surface area contributed by atoms with E-state index in [1.54, 1.807) is 30.3 Å². The van der Waals surface area contributed by atoms with Crippen molar-refractivity contribution in [3.8, 4) is 11.3 Å². The van der Waals surface area contributed by atoms with Gasteiger partial charge < -0.3 is 9.73 Å². The third kappa shape index (κ3) is 4.71. The molecule has 0 spiro atoms. The van der Waals surface area contributed by atoms with E-state index in [4.69, 9.17) is 16.0 Å². The van der Waals surface area contributed by atoms with Crippen LogP contribution < -0.4 is 5.32 Å². The van der Waals surface area contributed by atoms with Crippen LogP contribution in [0.25, 0.3) is 11.3 Å². The summed E-state index contributed by atoms with van der Waals surface area (Å²) >= 11 is 5.98. The van der Waals surface area contributed by atoms with E-state index in [1.165, 1.54) is 24.3 Å². The minimum Gasteiger partial charge on any atom is -0.461 e. The molecule has 1 heterocycles. The summed E-state index contributed by atoms with van der Waals surface area (Å²) < 4.78 is 44.9. The number of anilines is 1. The molecule has 3 aromatic rings. The Morgan fingerprint density at radius 2 is 1.70 bits per heavy atom. The summed E-state index contributed by atoms with van der Waals surface area (Å²) in [6.07, 6.45) is -4.11. The summed E-state index contributed by atoms with van der Waals surface area (Å²) in [6, 6.07) is 15.1. The number of aryl methyl sites for hydroxylation is 1. The number of furan rings is 1. The molecule has 0 unspecified atom stereocenters. The molecule has 1 amide bonds. The Morgan fingerprint density at radius 1 is 1.00 bits per heavy atom. The Morgan fingerprint density at radius 3 is 2.44 bits per heavy atom. The predicted octanol–water partition coefficient (Wildman–Crippen LogP) is 6.19. The quantitative estimate of drug-likeness (QED) is 0.561. The Balaban J connectivity index is 1.67. The number of nitrogens with one attached hydrogen (secondary N) is 1. The molecule has 0 atom stereocenters. The molecule has 0 bridgehead atoms. The number of benzene rings is 2. The van der Waals surface area contributed by atoms with Crippen molar-refractivity contribution in [3.63, 3.8) is 0 Å². The zero-order valence-electron chi connectivity index (χ0n) is 14.0. The summed E-state index contributed by atoms with van der Waals surface area (Å²) in [5.74, 6) is 0.275. The molecule has 0 radical (unpaired) electrons. The second-order valence-electron chi connectivity index (χ2n) is 5.84. The highest BCUT2D eigenvalue weighted by Crippen LogP contribution is 2.37. The first-order valence-electron chi connectivity index (χ1n) is 8.14. The summed E-state index contributed by atoms with van der Waals surface area (Å²) in [5.41, 5.74) is -0.289. The number of alkyl halides is 3. The molecule has 0 saturated carbocycles. The molecule has 0 fully saturated rings. The van der Waals surface area contributed by atoms with Crippen molar-refractivity contribution in [2.75, 3.05) is 5.32 Å². The van der Waals surface area contributed by atoms with Crippen LogP contribution >= 0.6 is 11.6 Å². The van der Waals surface area contributed by atoms with Crippen LogP contribution in [-0.2, 0) is 17.4 Å². The molecule has 140 valence electrons. The number of carbonyl (C=O) groups is 1. The van der Waals surface area contributed by atoms with Crippen LogP contribution in [0, 0.1) is 0 Å². The van der Waals surface area contributed by atoms with Crippen molar-refractivity contribution < 1.29 is 22.4 Å². The van der Waals surface area contributed by atoms with E-state index in [-0.39, 0.29) is 30.1 Å². The van der Waals surface area contributed by atoms with Gasteiger partial charge in [-0.15, -0.1) is 0 Å². The molecule has 0 aliphatic carbocycles. The summed E-state index contributed by atoms with van der Waals surface area (Å²) in [5, 5.41) is 3.11. The Hall–Kier alpha value is -2.73. The highest BCUT2D eigenvalue weighted by atomic mass is 35.5. The molecule has 3 rings (SSSR count). The first-order chi connectivity index (χ1) is 12.8. The number of amides is 1. The maximum atomic E-state index is 13.1. The fourth-order valence-electron chi connectivity index (χ4n) is 2.61. The molecule has 0 saturated heterocycles. The SMILES string of the molecule is O=C(CCc1ccc(-c2ccccc2C(F)(F)F)o1)Nc1ccccc1Cl. The molecule has 0 aliphatic rings. The lowest BCUT2D eigenvalue weighted by Crippen LogP contribution is -2.12. The Kier molecular flexibility index (Phi) is 5.56. The second kappa shape index (κ2) is 7.88. The van der Waals surface area contributed by atoms with Crippen molar-refractivity contribution in [1.29, 1.82) is 0 Å². The first-order valence-corrected chi connectivity index (χ1v) is 8.52. The van der Waals surface area contributed by atoms with Crippen LogP contribution in [-0.4, -0.2) is 5.91 Å². The lowest BCUT2D eigenvalue weighted by Gasteiger charge is -2.10. The molecule has 7 heteroatoms. The molecule has 0 aliphatic heterocycles. The number of rotatable bonds is 5. The third-order valence-electron chi connectivity index (χ3n) is 3.91. The minimum atomic E-state index is -4.47. The second-order valence-corrected chi connectivity index (χ2v) is 6.24. The Labute approximate surface area is 158 Å². The monoisotopic (exact) mass is 393 g/mol. The lowest BCUT2D eigenvalue weighted by atomic mass is 10.1. The van der Waals surface area contributed by atoms with Crippen LogP contribution in [0.3, 0.4) is 0 Å². The van der Waals surface area contributed by atoms with Gasteiger partial charge in [0.1, 0.15) is 11.5 Å². The molecule has 3 nitrogen and oxygen atoms in total. The van der Waals surface area contributed by atoms with Crippen molar-refractivity contribution in [3.05, 3.63) is 77.0 Å². The fourth-order valence-corrected chi connectivity index (χ4v) is 2.80. The van der Waals surface area contributed by atoms with E-state index in [1.807, 2.05) is 0 Å². The maximum absolute atomic E-state index is 13.1. The highest BCUT2D eigenvalue weighted by molar-refractivity contribution is 6.33. The predicted molar refractivity (Wildman–Crippen MR) is 97.5 cm³/mol. The zero-order valence-corrected chi connectivity index (χ0v) is 14.8. The van der Waals surface area contributed by atoms with Gasteiger partial charge in [0, 0.05) is 18.4 Å². The molecule has 1 aromatic heterocycles. The van der Waals surface area contributed by atoms with E-state index in [9.17, 15) is 18.0 Å². The number of hydrogen-bond donors (Lipinski definition) is 1. The summed E-state index contributed by atoms with van der Waals surface area (Å²) in [6.45, 7) is 0. The topological polar surface area (TPSA) is 42.2 Å². The van der Waals surface area contributed by atoms with Crippen molar-refractivity contribution in [1.82, 2.24) is 0 Å². The number of carbonyl (C=O) groups excluding carboxylic acids is 1. The average molecular weight is 394 g/mol. The largest absolute Gasteiger partial charge is 0.461 e. The van der Waals surface area contributed by atoms with Gasteiger partial charge in [0.15, 0.2) is 0 Å². The minimum absolute atomic E-state index is 0.0308. The maximum Gasteiger partial charge on any atom is 0.417 e. The fraction of sp³-hybridized carbons (Fsp3) is 0.150. The number of halogens is 4. The van der Waals surface area contributed by atoms with Crippen LogP contribution in [0.1, 0.15) is 17.7 Å². The van der Waals surface area contributed by atoms with Gasteiger partial charge in [0.25, 0.3) is 0 Å². The summed E-state index contributed by atoms with van der Waals surface area (Å²) in [7, 11) is 0. The van der Waals surface area contributed by atoms with Gasteiger partial charge in [-0.1, -0.05) is 41.9 Å². The molecule has 2 aromatic carbocycles. The third-order valence-corrected chi connectivity index (χ3v) is 4.24. The van der Waals surface area contributed by atoms with Crippen molar-refractivity contribution in [2.45, 2.75) is 19.0 Å². The van der Waals surface area contributed by atoms with Crippen molar-refractivity contribution in [2.24, 2.45) is 0 Å². The molecular formula is C20H15ClF3NO2. The zero-order chi connectivity index (χ0) is 19.4. The van der Waals surface area contributed by atoms with E-state index < -0.39 is 11.7 Å². The van der Waals surface area contributed by atoms with Gasteiger partial charge in [0.2, 0.25) is 5.91 Å². The molecule has 27 heavy (non-hydrogen) atoms. The van der Waals surface area contributed by atoms with Crippen molar-refractivity contribution >= 4 is 23.2 Å². The Bertz CT molecular complexity index is 950. The normalized spacial score (nSPS) is 11.4. The van der Waals surface area contributed by atoms with Gasteiger partial charge in [-0.2, -0.15) is 13.2 Å². The van der Waals surface area contributed by atoms with E-state index in [0.717, 1.165) is 6.07 Å². The number of para-hydroxylation sites is 1. The standard InChI is InChI=1S/C20H15ClF3NO2/c21-16-7-3-4-8-17(16)25-19(26)12-10-13-9-11-18(27-13)14-5-1-2-6-15(14)20(22,23)24/h1-9,11H,10,12H2,(H,25,26). The van der Waals surface area contributed by atoms with Crippen LogP contribution in [0.15, 0.2) is 65.1 Å². The van der Waals surface area contributed by atoms with E-state index in [2.05, 4.69) is 5.32 Å². The smallest absolute Gasteiger partial charge is 0.417 e. The molecular weight excluding hydrogens is 379 g/mol. The van der Waals surface area contributed by atoms with Gasteiger partial charge >= 0.3 is 6.18 Å². The van der Waals surface area contributed by atoms with Gasteiger partial charge in [-0.25, -0.2) is 0 Å². The van der Waals surface area contributed by atoms with Gasteiger partial charge in [-0.05, 0) is 30.3 Å². The molecule has 1 N–H and O–H groups in total. The lowest BCUT2D eigenvalue weighted by molar-refractivity contribution is -0.137. The number of hydrogen-bond acceptors (Lipinski definition) is 2. The summed E-state index contributed by atoms with van der Waals surface area (Å²) in [4.78, 5) is 12.0.